The molecule has 0 aliphatic rings. The Labute approximate surface area is 65.3 Å². The summed E-state index contributed by atoms with van der Waals surface area (Å²) in [6.45, 7) is 0. The lowest BCUT2D eigenvalue weighted by Gasteiger charge is -2.10. The van der Waals surface area contributed by atoms with Gasteiger partial charge >= 0.3 is 6.18 Å². The van der Waals surface area contributed by atoms with E-state index in [0.29, 0.717) is 0 Å². The van der Waals surface area contributed by atoms with Gasteiger partial charge in [-0.25, -0.2) is 5.84 Å². The van der Waals surface area contributed by atoms with Crippen molar-refractivity contribution in [3.8, 4) is 0 Å². The molecule has 1 aromatic heterocycles. The van der Waals surface area contributed by atoms with Crippen molar-refractivity contribution >= 4 is 5.82 Å². The van der Waals surface area contributed by atoms with Crippen LogP contribution < -0.4 is 10.9 Å². The highest BCUT2D eigenvalue weighted by Crippen LogP contribution is 2.31. The van der Waals surface area contributed by atoms with Crippen molar-refractivity contribution in [1.29, 1.82) is 0 Å². The molecule has 1 heterocycles. The predicted molar refractivity (Wildman–Crippen MR) is 34.0 cm³/mol. The van der Waals surface area contributed by atoms with E-state index in [1.165, 1.54) is 7.05 Å². The third-order valence-corrected chi connectivity index (χ3v) is 1.13. The molecule has 0 aromatic carbocycles. The highest BCUT2D eigenvalue weighted by Gasteiger charge is 2.38. The van der Waals surface area contributed by atoms with Gasteiger partial charge in [-0.2, -0.15) is 18.4 Å². The first kappa shape index (κ1) is 8.78. The summed E-state index contributed by atoms with van der Waals surface area (Å²) in [5.41, 5.74) is -1.12. The number of halogens is 3. The molecule has 0 fully saturated rings. The van der Waals surface area contributed by atoms with Crippen molar-refractivity contribution in [2.75, 3.05) is 12.1 Å². The number of nitrogens with one attached hydrogen (secondary N) is 1. The smallest absolute Gasteiger partial charge is 0.295 e. The molecule has 0 aliphatic heterocycles. The summed E-state index contributed by atoms with van der Waals surface area (Å²) >= 11 is 0. The second kappa shape index (κ2) is 2.63. The molecule has 0 saturated carbocycles. The first-order valence-electron chi connectivity index (χ1n) is 2.89. The maximum absolute atomic E-state index is 12.0. The van der Waals surface area contributed by atoms with Gasteiger partial charge in [0.1, 0.15) is 0 Å². The minimum atomic E-state index is -4.53. The topological polar surface area (TPSA) is 70.8 Å². The van der Waals surface area contributed by atoms with Gasteiger partial charge in [0.05, 0.1) is 0 Å². The highest BCUT2D eigenvalue weighted by atomic mass is 19.4. The van der Waals surface area contributed by atoms with Gasteiger partial charge in [-0.05, 0) is 0 Å². The van der Waals surface area contributed by atoms with E-state index in [0.717, 1.165) is 5.01 Å². The Morgan fingerprint density at radius 1 is 1.42 bits per heavy atom. The number of hydrazine groups is 1. The van der Waals surface area contributed by atoms with E-state index in [1.807, 2.05) is 5.21 Å². The second-order valence-corrected chi connectivity index (χ2v) is 2.10. The summed E-state index contributed by atoms with van der Waals surface area (Å²) in [5.74, 6) is 4.64. The molecule has 68 valence electrons. The molecule has 12 heavy (non-hydrogen) atoms. The number of nitrogens with two attached hydrogens (primary N) is 1. The lowest BCUT2D eigenvalue weighted by molar-refractivity contribution is -0.140. The van der Waals surface area contributed by atoms with Crippen LogP contribution in [0.15, 0.2) is 0 Å². The molecule has 0 radical (unpaired) electrons. The zero-order valence-electron chi connectivity index (χ0n) is 6.05. The lowest BCUT2D eigenvalue weighted by atomic mass is 10.4. The zero-order chi connectivity index (χ0) is 9.35. The van der Waals surface area contributed by atoms with Gasteiger partial charge in [0, 0.05) is 7.05 Å². The van der Waals surface area contributed by atoms with E-state index < -0.39 is 17.7 Å². The van der Waals surface area contributed by atoms with Gasteiger partial charge in [0.25, 0.3) is 0 Å². The van der Waals surface area contributed by atoms with E-state index >= 15 is 0 Å². The number of aromatic amines is 1. The number of hydrogen-bond donors (Lipinski definition) is 2. The van der Waals surface area contributed by atoms with Gasteiger partial charge in [0.2, 0.25) is 5.69 Å². The van der Waals surface area contributed by atoms with Crippen LogP contribution in [0.25, 0.3) is 0 Å². The molecule has 0 unspecified atom stereocenters. The molecule has 5 nitrogen and oxygen atoms in total. The molecule has 0 aliphatic carbocycles. The molecule has 0 atom stereocenters. The van der Waals surface area contributed by atoms with Crippen LogP contribution in [0.1, 0.15) is 5.69 Å². The summed E-state index contributed by atoms with van der Waals surface area (Å²) in [4.78, 5) is 0. The van der Waals surface area contributed by atoms with E-state index in [9.17, 15) is 13.2 Å². The van der Waals surface area contributed by atoms with E-state index in [-0.39, 0.29) is 0 Å². The van der Waals surface area contributed by atoms with Crippen molar-refractivity contribution in [1.82, 2.24) is 15.4 Å². The van der Waals surface area contributed by atoms with Crippen molar-refractivity contribution in [3.05, 3.63) is 5.69 Å². The van der Waals surface area contributed by atoms with Crippen LogP contribution in [0.2, 0.25) is 0 Å². The molecule has 3 N–H and O–H groups in total. The van der Waals surface area contributed by atoms with Crippen LogP contribution in [0.3, 0.4) is 0 Å². The fourth-order valence-electron chi connectivity index (χ4n) is 0.661. The average Bonchev–Trinajstić information content (AvgIpc) is 2.30. The number of aromatic nitrogens is 3. The maximum Gasteiger partial charge on any atom is 0.438 e. The molecular weight excluding hydrogens is 175 g/mol. The molecule has 0 spiro atoms. The number of alkyl halides is 3. The molecule has 0 bridgehead atoms. The van der Waals surface area contributed by atoms with Gasteiger partial charge < -0.3 is 0 Å². The van der Waals surface area contributed by atoms with Crippen molar-refractivity contribution in [3.63, 3.8) is 0 Å². The monoisotopic (exact) mass is 181 g/mol. The van der Waals surface area contributed by atoms with Gasteiger partial charge in [-0.1, -0.05) is 0 Å². The van der Waals surface area contributed by atoms with Crippen LogP contribution in [-0.2, 0) is 6.18 Å². The Hall–Kier alpha value is -1.31. The summed E-state index contributed by atoms with van der Waals surface area (Å²) in [7, 11) is 1.24. The quantitative estimate of drug-likeness (QED) is 0.477. The average molecular weight is 181 g/mol. The molecule has 0 amide bonds. The summed E-state index contributed by atoms with van der Waals surface area (Å²) in [5, 5.41) is 8.74. The Kier molecular flexibility index (Phi) is 1.92. The third kappa shape index (κ3) is 1.47. The Bertz CT molecular complexity index is 264. The van der Waals surface area contributed by atoms with Crippen LogP contribution in [0.5, 0.6) is 0 Å². The fourth-order valence-corrected chi connectivity index (χ4v) is 0.661. The van der Waals surface area contributed by atoms with Crippen LogP contribution in [0, 0.1) is 0 Å². The van der Waals surface area contributed by atoms with Crippen molar-refractivity contribution in [2.24, 2.45) is 5.84 Å². The largest absolute Gasteiger partial charge is 0.438 e. The van der Waals surface area contributed by atoms with Crippen molar-refractivity contribution < 1.29 is 13.2 Å². The Morgan fingerprint density at radius 2 is 2.00 bits per heavy atom. The SMILES string of the molecule is CN(N)c1n[nH]nc1C(F)(F)F. The van der Waals surface area contributed by atoms with Crippen LogP contribution in [0.4, 0.5) is 19.0 Å². The Balaban J connectivity index is 3.08. The number of nitrogens with zero attached hydrogens (tertiary/aromatic N) is 3. The Morgan fingerprint density at radius 3 is 2.33 bits per heavy atom. The number of rotatable bonds is 1. The normalized spacial score (nSPS) is 11.8. The first-order valence-corrected chi connectivity index (χ1v) is 2.89. The third-order valence-electron chi connectivity index (χ3n) is 1.13. The van der Waals surface area contributed by atoms with Gasteiger partial charge in [-0.3, -0.25) is 5.01 Å². The number of H-pyrrole nitrogens is 1. The standard InChI is InChI=1S/C4H6F3N5/c1-12(8)3-2(4(5,6)7)9-11-10-3/h8H2,1H3,(H,9,10,11). The predicted octanol–water partition coefficient (Wildman–Crippen LogP) is 0.133. The molecule has 8 heteroatoms. The summed E-state index contributed by atoms with van der Waals surface area (Å²) in [6.07, 6.45) is -4.53. The number of hydrogen-bond acceptors (Lipinski definition) is 4. The van der Waals surface area contributed by atoms with Crippen LogP contribution in [-0.4, -0.2) is 22.5 Å². The molecule has 0 saturated heterocycles. The second-order valence-electron chi connectivity index (χ2n) is 2.10. The zero-order valence-corrected chi connectivity index (χ0v) is 6.05. The van der Waals surface area contributed by atoms with Gasteiger partial charge in [0.15, 0.2) is 5.82 Å². The summed E-state index contributed by atoms with van der Waals surface area (Å²) < 4.78 is 36.1. The highest BCUT2D eigenvalue weighted by molar-refractivity contribution is 5.40. The molecular formula is C4H6F3N5. The lowest BCUT2D eigenvalue weighted by Crippen LogP contribution is -2.28. The maximum atomic E-state index is 12.0. The minimum Gasteiger partial charge on any atom is -0.295 e. The van der Waals surface area contributed by atoms with Crippen molar-refractivity contribution in [2.45, 2.75) is 6.18 Å². The van der Waals surface area contributed by atoms with E-state index in [1.54, 1.807) is 0 Å². The van der Waals surface area contributed by atoms with Crippen LogP contribution >= 0.6 is 0 Å². The molecule has 1 rings (SSSR count). The minimum absolute atomic E-state index is 0.428. The number of anilines is 1. The first-order chi connectivity index (χ1) is 5.43. The fraction of sp³-hybridized carbons (Fsp3) is 0.500. The summed E-state index contributed by atoms with van der Waals surface area (Å²) in [6, 6.07) is 0. The molecule has 1 aromatic rings. The van der Waals surface area contributed by atoms with Gasteiger partial charge in [-0.15, -0.1) is 10.2 Å². The van der Waals surface area contributed by atoms with E-state index in [4.69, 9.17) is 5.84 Å². The van der Waals surface area contributed by atoms with E-state index in [2.05, 4.69) is 10.2 Å².